The van der Waals surface area contributed by atoms with E-state index in [4.69, 9.17) is 10.5 Å². The molecule has 0 aromatic heterocycles. The molecule has 16 heavy (non-hydrogen) atoms. The van der Waals surface area contributed by atoms with Gasteiger partial charge in [-0.15, -0.1) is 0 Å². The number of amides is 1. The van der Waals surface area contributed by atoms with E-state index in [1.54, 1.807) is 24.3 Å². The second-order valence-electron chi connectivity index (χ2n) is 4.34. The van der Waals surface area contributed by atoms with E-state index < -0.39 is 11.6 Å². The highest BCUT2D eigenvalue weighted by Crippen LogP contribution is 2.11. The molecule has 0 spiro atoms. The number of carbonyl (C=O) groups excluding carboxylic acids is 1. The van der Waals surface area contributed by atoms with Crippen LogP contribution >= 0.6 is 0 Å². The summed E-state index contributed by atoms with van der Waals surface area (Å²) in [4.78, 5) is 11.5. The molecule has 1 rings (SSSR count). The van der Waals surface area contributed by atoms with Gasteiger partial charge < -0.3 is 15.8 Å². The van der Waals surface area contributed by atoms with E-state index in [2.05, 4.69) is 5.32 Å². The van der Waals surface area contributed by atoms with Gasteiger partial charge in [0.1, 0.15) is 5.75 Å². The third-order valence-electron chi connectivity index (χ3n) is 2.52. The van der Waals surface area contributed by atoms with Gasteiger partial charge in [-0.1, -0.05) is 18.2 Å². The Kier molecular flexibility index (Phi) is 3.90. The molecule has 1 aromatic carbocycles. The lowest BCUT2D eigenvalue weighted by molar-refractivity contribution is 0.184. The molecule has 88 valence electrons. The van der Waals surface area contributed by atoms with Crippen molar-refractivity contribution in [2.75, 3.05) is 0 Å². The summed E-state index contributed by atoms with van der Waals surface area (Å²) in [5, 5.41) is 2.72. The Morgan fingerprint density at radius 2 is 1.94 bits per heavy atom. The Bertz CT molecular complexity index is 347. The average Bonchev–Trinajstić information content (AvgIpc) is 2.17. The summed E-state index contributed by atoms with van der Waals surface area (Å²) >= 11 is 0. The van der Waals surface area contributed by atoms with E-state index in [0.29, 0.717) is 5.75 Å². The highest BCUT2D eigenvalue weighted by Gasteiger charge is 2.25. The Hall–Kier alpha value is -1.55. The van der Waals surface area contributed by atoms with Crippen molar-refractivity contribution in [3.05, 3.63) is 30.3 Å². The van der Waals surface area contributed by atoms with Crippen LogP contribution in [0.1, 0.15) is 20.8 Å². The van der Waals surface area contributed by atoms with E-state index in [1.807, 2.05) is 26.8 Å². The van der Waals surface area contributed by atoms with Gasteiger partial charge in [-0.3, -0.25) is 0 Å². The molecule has 0 fully saturated rings. The van der Waals surface area contributed by atoms with E-state index in [-0.39, 0.29) is 6.04 Å². The van der Waals surface area contributed by atoms with Crippen LogP contribution in [0.4, 0.5) is 4.79 Å². The predicted molar refractivity (Wildman–Crippen MR) is 63.3 cm³/mol. The number of rotatable bonds is 3. The Balaban J connectivity index is 2.55. The number of hydrogen-bond acceptors (Lipinski definition) is 3. The zero-order valence-electron chi connectivity index (χ0n) is 9.86. The van der Waals surface area contributed by atoms with E-state index >= 15 is 0 Å². The highest BCUT2D eigenvalue weighted by atomic mass is 16.6. The Morgan fingerprint density at radius 1 is 1.38 bits per heavy atom. The first-order chi connectivity index (χ1) is 7.42. The maximum absolute atomic E-state index is 11.5. The summed E-state index contributed by atoms with van der Waals surface area (Å²) in [5.74, 6) is 0.514. The van der Waals surface area contributed by atoms with Crippen LogP contribution in [0.2, 0.25) is 0 Å². The van der Waals surface area contributed by atoms with Crippen LogP contribution in [0.15, 0.2) is 30.3 Å². The first kappa shape index (κ1) is 12.5. The smallest absolute Gasteiger partial charge is 0.410 e. The van der Waals surface area contributed by atoms with Crippen molar-refractivity contribution in [2.24, 2.45) is 5.73 Å². The van der Waals surface area contributed by atoms with Gasteiger partial charge in [0.25, 0.3) is 0 Å². The largest absolute Gasteiger partial charge is 0.413 e. The number of ether oxygens (including phenoxy) is 1. The van der Waals surface area contributed by atoms with Gasteiger partial charge in [0.05, 0.1) is 5.54 Å². The topological polar surface area (TPSA) is 64.3 Å². The number of hydrogen-bond donors (Lipinski definition) is 2. The second-order valence-corrected chi connectivity index (χ2v) is 4.34. The summed E-state index contributed by atoms with van der Waals surface area (Å²) in [6, 6.07) is 8.75. The van der Waals surface area contributed by atoms with Crippen molar-refractivity contribution in [2.45, 2.75) is 32.4 Å². The maximum Gasteiger partial charge on any atom is 0.413 e. The van der Waals surface area contributed by atoms with E-state index in [9.17, 15) is 4.79 Å². The van der Waals surface area contributed by atoms with Gasteiger partial charge in [-0.05, 0) is 32.9 Å². The summed E-state index contributed by atoms with van der Waals surface area (Å²) in [7, 11) is 0. The summed E-state index contributed by atoms with van der Waals surface area (Å²) in [6.07, 6.45) is -0.492. The minimum Gasteiger partial charge on any atom is -0.410 e. The summed E-state index contributed by atoms with van der Waals surface area (Å²) in [6.45, 7) is 5.54. The molecule has 0 saturated carbocycles. The Labute approximate surface area is 95.8 Å². The summed E-state index contributed by atoms with van der Waals surface area (Å²) in [5.41, 5.74) is 5.25. The average molecular weight is 222 g/mol. The number of carbonyl (C=O) groups is 1. The fraction of sp³-hybridized carbons (Fsp3) is 0.417. The molecule has 4 nitrogen and oxygen atoms in total. The number of nitrogens with one attached hydrogen (secondary N) is 1. The van der Waals surface area contributed by atoms with Crippen molar-refractivity contribution in [3.8, 4) is 5.75 Å². The molecule has 0 bridgehead atoms. The quantitative estimate of drug-likeness (QED) is 0.821. The minimum absolute atomic E-state index is 0.157. The normalized spacial score (nSPS) is 13.0. The van der Waals surface area contributed by atoms with Crippen molar-refractivity contribution in [1.29, 1.82) is 0 Å². The van der Waals surface area contributed by atoms with E-state index in [1.165, 1.54) is 0 Å². The summed E-state index contributed by atoms with van der Waals surface area (Å²) < 4.78 is 5.09. The first-order valence-electron chi connectivity index (χ1n) is 5.22. The third-order valence-corrected chi connectivity index (χ3v) is 2.52. The van der Waals surface area contributed by atoms with Crippen LogP contribution in [-0.4, -0.2) is 17.7 Å². The molecule has 1 atom stereocenters. The standard InChI is InChI=1S/C12H18N2O2/c1-9(13)12(2,3)14-11(15)16-10-7-5-4-6-8-10/h4-9H,13H2,1-3H3,(H,14,15). The van der Waals surface area contributed by atoms with Crippen molar-refractivity contribution in [1.82, 2.24) is 5.32 Å². The lowest BCUT2D eigenvalue weighted by atomic mass is 9.97. The van der Waals surface area contributed by atoms with Gasteiger partial charge >= 0.3 is 6.09 Å². The molecule has 0 radical (unpaired) electrons. The maximum atomic E-state index is 11.5. The molecule has 1 amide bonds. The number of nitrogens with two attached hydrogens (primary N) is 1. The van der Waals surface area contributed by atoms with Gasteiger partial charge in [0, 0.05) is 6.04 Å². The molecule has 0 aliphatic carbocycles. The lowest BCUT2D eigenvalue weighted by Crippen LogP contribution is -2.55. The van der Waals surface area contributed by atoms with Crippen molar-refractivity contribution < 1.29 is 9.53 Å². The van der Waals surface area contributed by atoms with Gasteiger partial charge in [-0.2, -0.15) is 0 Å². The molecule has 3 N–H and O–H groups in total. The third kappa shape index (κ3) is 3.55. The first-order valence-corrected chi connectivity index (χ1v) is 5.22. The fourth-order valence-corrected chi connectivity index (χ4v) is 0.998. The molecule has 1 unspecified atom stereocenters. The minimum atomic E-state index is -0.494. The second kappa shape index (κ2) is 4.99. The number of para-hydroxylation sites is 1. The molecule has 0 aliphatic heterocycles. The molecule has 0 saturated heterocycles. The van der Waals surface area contributed by atoms with E-state index in [0.717, 1.165) is 0 Å². The molecule has 1 aromatic rings. The molecular weight excluding hydrogens is 204 g/mol. The van der Waals surface area contributed by atoms with Gasteiger partial charge in [0.2, 0.25) is 0 Å². The SMILES string of the molecule is CC(N)C(C)(C)NC(=O)Oc1ccccc1. The highest BCUT2D eigenvalue weighted by molar-refractivity contribution is 5.71. The van der Waals surface area contributed by atoms with Crippen LogP contribution in [0.3, 0.4) is 0 Å². The Morgan fingerprint density at radius 3 is 2.44 bits per heavy atom. The van der Waals surface area contributed by atoms with Crippen LogP contribution in [0.5, 0.6) is 5.75 Å². The van der Waals surface area contributed by atoms with Crippen LogP contribution < -0.4 is 15.8 Å². The zero-order valence-corrected chi connectivity index (χ0v) is 9.86. The molecular formula is C12H18N2O2. The monoisotopic (exact) mass is 222 g/mol. The van der Waals surface area contributed by atoms with Crippen molar-refractivity contribution in [3.63, 3.8) is 0 Å². The lowest BCUT2D eigenvalue weighted by Gasteiger charge is -2.29. The van der Waals surface area contributed by atoms with Crippen LogP contribution in [0, 0.1) is 0 Å². The van der Waals surface area contributed by atoms with Crippen molar-refractivity contribution >= 4 is 6.09 Å². The molecule has 0 heterocycles. The zero-order chi connectivity index (χ0) is 12.2. The predicted octanol–water partition coefficient (Wildman–Crippen LogP) is 1.90. The molecule has 0 aliphatic rings. The van der Waals surface area contributed by atoms with Crippen LogP contribution in [-0.2, 0) is 0 Å². The van der Waals surface area contributed by atoms with Gasteiger partial charge in [0.15, 0.2) is 0 Å². The van der Waals surface area contributed by atoms with Crippen LogP contribution in [0.25, 0.3) is 0 Å². The molecule has 4 heteroatoms. The number of benzene rings is 1. The van der Waals surface area contributed by atoms with Gasteiger partial charge in [-0.25, -0.2) is 4.79 Å². The fourth-order valence-electron chi connectivity index (χ4n) is 0.998.